The zero-order chi connectivity index (χ0) is 17.1. The van der Waals surface area contributed by atoms with Gasteiger partial charge in [-0.25, -0.2) is 4.39 Å². The fraction of sp³-hybridized carbons (Fsp3) is 0.609. The Kier molecular flexibility index (Phi) is 8.42. The average molecular weight is 427 g/mol. The first kappa shape index (κ1) is 21.2. The van der Waals surface area contributed by atoms with Crippen LogP contribution in [0.2, 0.25) is 0 Å². The van der Waals surface area contributed by atoms with Gasteiger partial charge in [0.15, 0.2) is 0 Å². The van der Waals surface area contributed by atoms with E-state index in [4.69, 9.17) is 4.74 Å². The van der Waals surface area contributed by atoms with Crippen molar-refractivity contribution >= 4 is 0 Å². The van der Waals surface area contributed by atoms with Gasteiger partial charge in [0.05, 0.1) is 0 Å². The van der Waals surface area contributed by atoms with E-state index in [1.807, 2.05) is 6.07 Å². The number of rotatable bonds is 3. The van der Waals surface area contributed by atoms with Crippen LogP contribution in [0, 0.1) is 30.0 Å². The number of hydrogen-bond donors (Lipinski definition) is 0. The van der Waals surface area contributed by atoms with E-state index in [0.717, 1.165) is 30.4 Å². The van der Waals surface area contributed by atoms with Gasteiger partial charge in [-0.2, -0.15) is 12.8 Å². The van der Waals surface area contributed by atoms with Crippen molar-refractivity contribution in [1.82, 2.24) is 0 Å². The average Bonchev–Trinajstić information content (AvgIpc) is 2.67. The van der Waals surface area contributed by atoms with Crippen LogP contribution in [-0.2, 0) is 6.42 Å². The largest absolute Gasteiger partial charge is 1.00 e. The molecule has 1 atom stereocenters. The Morgan fingerprint density at radius 3 is 2.35 bits per heavy atom. The molecule has 1 aromatic carbocycles. The SMILES string of the molecule is Fc1ccc2c(c1)OC(C1CCC(/C=C/C3CC[CH-]CC3)CC1)CC2.[Rb+]. The summed E-state index contributed by atoms with van der Waals surface area (Å²) in [4.78, 5) is 0. The molecule has 1 aliphatic heterocycles. The van der Waals surface area contributed by atoms with E-state index < -0.39 is 0 Å². The van der Waals surface area contributed by atoms with Crippen LogP contribution in [0.3, 0.4) is 0 Å². The zero-order valence-electron chi connectivity index (χ0n) is 16.1. The standard InChI is InChI=1S/C23H30FO.Rb/c24-21-14-12-20-13-15-22(25-23(20)16-21)19-10-8-18(9-11-19)7-6-17-4-2-1-3-5-17;/h1,6-7,12,14,16-19,22H,2-5,8-11,13,15H2;/q-1;+1/b7-6+;. The molecule has 0 amide bonds. The minimum atomic E-state index is -0.187. The Morgan fingerprint density at radius 2 is 1.62 bits per heavy atom. The minimum Gasteiger partial charge on any atom is -0.490 e. The maximum absolute atomic E-state index is 13.5. The molecule has 3 heteroatoms. The van der Waals surface area contributed by atoms with E-state index in [2.05, 4.69) is 18.6 Å². The molecule has 0 bridgehead atoms. The summed E-state index contributed by atoms with van der Waals surface area (Å²) in [5, 5.41) is 0. The molecular formula is C23H30FORb. The maximum Gasteiger partial charge on any atom is 1.00 e. The third kappa shape index (κ3) is 5.52. The molecule has 1 aromatic rings. The van der Waals surface area contributed by atoms with E-state index in [0.29, 0.717) is 5.92 Å². The maximum atomic E-state index is 13.5. The molecule has 0 N–H and O–H groups in total. The van der Waals surface area contributed by atoms with Crippen LogP contribution < -0.4 is 62.9 Å². The van der Waals surface area contributed by atoms with Gasteiger partial charge in [0.1, 0.15) is 17.7 Å². The molecular weight excluding hydrogens is 397 g/mol. The van der Waals surface area contributed by atoms with Crippen molar-refractivity contribution in [2.24, 2.45) is 17.8 Å². The van der Waals surface area contributed by atoms with Crippen molar-refractivity contribution in [3.8, 4) is 5.75 Å². The van der Waals surface area contributed by atoms with E-state index in [9.17, 15) is 4.39 Å². The van der Waals surface area contributed by atoms with Crippen LogP contribution in [0.5, 0.6) is 5.75 Å². The van der Waals surface area contributed by atoms with Crippen LogP contribution in [0.25, 0.3) is 0 Å². The second kappa shape index (κ2) is 10.3. The Balaban J connectivity index is 0.00000196. The fourth-order valence-electron chi connectivity index (χ4n) is 4.86. The predicted octanol–water partition coefficient (Wildman–Crippen LogP) is 3.28. The summed E-state index contributed by atoms with van der Waals surface area (Å²) in [6.07, 6.45) is 20.2. The zero-order valence-corrected chi connectivity index (χ0v) is 21.0. The van der Waals surface area contributed by atoms with Gasteiger partial charge in [-0.3, -0.25) is 0 Å². The van der Waals surface area contributed by atoms with Crippen molar-refractivity contribution in [2.75, 3.05) is 0 Å². The van der Waals surface area contributed by atoms with Crippen LogP contribution in [0.1, 0.15) is 63.4 Å². The Labute approximate surface area is 207 Å². The van der Waals surface area contributed by atoms with Crippen molar-refractivity contribution in [1.29, 1.82) is 0 Å². The fourth-order valence-corrected chi connectivity index (χ4v) is 4.86. The number of allylic oxidation sites excluding steroid dienone is 2. The molecule has 4 rings (SSSR count). The summed E-state index contributed by atoms with van der Waals surface area (Å²) in [6, 6.07) is 4.99. The van der Waals surface area contributed by atoms with Gasteiger partial charge < -0.3 is 11.2 Å². The summed E-state index contributed by atoms with van der Waals surface area (Å²) in [5.74, 6) is 2.82. The second-order valence-electron chi connectivity index (χ2n) is 8.21. The molecule has 3 aliphatic rings. The summed E-state index contributed by atoms with van der Waals surface area (Å²) in [7, 11) is 0. The molecule has 0 radical (unpaired) electrons. The topological polar surface area (TPSA) is 9.23 Å². The Bertz CT molecular complexity index is 600. The number of fused-ring (bicyclic) bond motifs is 1. The van der Waals surface area contributed by atoms with Gasteiger partial charge in [-0.05, 0) is 67.9 Å². The molecule has 1 nitrogen and oxygen atoms in total. The number of halogens is 1. The van der Waals surface area contributed by atoms with Gasteiger partial charge in [-0.1, -0.05) is 31.1 Å². The molecule has 0 saturated heterocycles. The number of benzene rings is 1. The molecule has 1 heterocycles. The first-order valence-electron chi connectivity index (χ1n) is 10.2. The van der Waals surface area contributed by atoms with Crippen molar-refractivity contribution in [3.63, 3.8) is 0 Å². The second-order valence-corrected chi connectivity index (χ2v) is 8.21. The summed E-state index contributed by atoms with van der Waals surface area (Å²) >= 11 is 0. The van der Waals surface area contributed by atoms with E-state index in [1.165, 1.54) is 56.9 Å². The Morgan fingerprint density at radius 1 is 0.923 bits per heavy atom. The third-order valence-corrected chi connectivity index (χ3v) is 6.49. The van der Waals surface area contributed by atoms with Crippen molar-refractivity contribution < 1.29 is 67.3 Å². The number of ether oxygens (including phenoxy) is 1. The van der Waals surface area contributed by atoms with Crippen LogP contribution in [0.4, 0.5) is 4.39 Å². The normalized spacial score (nSPS) is 29.7. The van der Waals surface area contributed by atoms with Gasteiger partial charge in [0.2, 0.25) is 0 Å². The van der Waals surface area contributed by atoms with E-state index >= 15 is 0 Å². The van der Waals surface area contributed by atoms with Gasteiger partial charge in [0.25, 0.3) is 0 Å². The Hall–Kier alpha value is 0.495. The first-order chi connectivity index (χ1) is 12.3. The van der Waals surface area contributed by atoms with Crippen LogP contribution in [0.15, 0.2) is 30.4 Å². The first-order valence-corrected chi connectivity index (χ1v) is 10.2. The smallest absolute Gasteiger partial charge is 0.490 e. The molecule has 0 spiro atoms. The monoisotopic (exact) mass is 426 g/mol. The van der Waals surface area contributed by atoms with Crippen LogP contribution in [-0.4, -0.2) is 6.10 Å². The molecule has 1 unspecified atom stereocenters. The minimum absolute atomic E-state index is 0. The molecule has 2 aliphatic carbocycles. The molecule has 2 saturated carbocycles. The summed E-state index contributed by atoms with van der Waals surface area (Å²) in [6.45, 7) is 0. The van der Waals surface area contributed by atoms with Crippen molar-refractivity contribution in [2.45, 2.75) is 70.3 Å². The van der Waals surface area contributed by atoms with Gasteiger partial charge in [0, 0.05) is 6.07 Å². The van der Waals surface area contributed by atoms with E-state index in [-0.39, 0.29) is 70.1 Å². The molecule has 2 fully saturated rings. The third-order valence-electron chi connectivity index (χ3n) is 6.49. The predicted molar refractivity (Wildman–Crippen MR) is 100.0 cm³/mol. The molecule has 0 aromatic heterocycles. The number of aryl methyl sites for hydroxylation is 1. The quantitative estimate of drug-likeness (QED) is 0.532. The van der Waals surface area contributed by atoms with Crippen LogP contribution >= 0.6 is 0 Å². The van der Waals surface area contributed by atoms with Gasteiger partial charge in [-0.15, -0.1) is 0 Å². The molecule has 136 valence electrons. The van der Waals surface area contributed by atoms with E-state index in [1.54, 1.807) is 12.1 Å². The summed E-state index contributed by atoms with van der Waals surface area (Å²) < 4.78 is 19.6. The summed E-state index contributed by atoms with van der Waals surface area (Å²) in [5.41, 5.74) is 1.17. The van der Waals surface area contributed by atoms with Gasteiger partial charge >= 0.3 is 58.2 Å². The van der Waals surface area contributed by atoms with Crippen molar-refractivity contribution in [3.05, 3.63) is 48.2 Å². The number of hydrogen-bond acceptors (Lipinski definition) is 1. The molecule has 26 heavy (non-hydrogen) atoms.